The summed E-state index contributed by atoms with van der Waals surface area (Å²) in [5, 5.41) is 14.8. The molecule has 3 saturated heterocycles. The van der Waals surface area contributed by atoms with Gasteiger partial charge < -0.3 is 39.9 Å². The average Bonchev–Trinajstić information content (AvgIpc) is 3.68. The van der Waals surface area contributed by atoms with Crippen LogP contribution in [0.4, 0.5) is 22.4 Å². The van der Waals surface area contributed by atoms with Crippen LogP contribution in [0.3, 0.4) is 0 Å². The van der Waals surface area contributed by atoms with E-state index in [1.807, 2.05) is 0 Å². The van der Waals surface area contributed by atoms with Crippen molar-refractivity contribution in [3.05, 3.63) is 36.0 Å². The number of carbonyl (C=O) groups is 5. The molecule has 0 saturated carbocycles. The maximum Gasteiger partial charge on any atom is 0.409 e. The topological polar surface area (TPSA) is 171 Å². The van der Waals surface area contributed by atoms with E-state index in [9.17, 15) is 46.6 Å². The van der Waals surface area contributed by atoms with Crippen LogP contribution in [0.25, 0.3) is 10.9 Å². The smallest absolute Gasteiger partial charge is 0.409 e. The van der Waals surface area contributed by atoms with Gasteiger partial charge in [0, 0.05) is 70.0 Å². The molecule has 5 rings (SSSR count). The zero-order valence-corrected chi connectivity index (χ0v) is 27.5. The molecule has 4 amide bonds. The molecule has 1 aromatic heterocycles. The van der Waals surface area contributed by atoms with E-state index in [-0.39, 0.29) is 70.2 Å². The van der Waals surface area contributed by atoms with Crippen LogP contribution in [0.15, 0.2) is 30.3 Å². The number of hydrogen-bond donors (Lipinski definition) is 3. The number of ether oxygens (including phenoxy) is 2. The van der Waals surface area contributed by atoms with Gasteiger partial charge in [0.1, 0.15) is 17.5 Å². The molecule has 0 unspecified atom stereocenters. The predicted octanol–water partition coefficient (Wildman–Crippen LogP) is 2.36. The van der Waals surface area contributed by atoms with Crippen molar-refractivity contribution < 1.29 is 56.1 Å². The second-order valence-corrected chi connectivity index (χ2v) is 12.0. The molecule has 0 radical (unpaired) electrons. The summed E-state index contributed by atoms with van der Waals surface area (Å²) in [4.78, 5) is 70.7. The van der Waals surface area contributed by atoms with Gasteiger partial charge in [0.2, 0.25) is 5.91 Å². The lowest BCUT2D eigenvalue weighted by atomic mass is 10.1. The molecule has 0 aliphatic carbocycles. The Morgan fingerprint density at radius 3 is 2.26 bits per heavy atom. The Hall–Kier alpha value is -4.74. The van der Waals surface area contributed by atoms with Crippen molar-refractivity contribution in [2.75, 3.05) is 65.6 Å². The summed E-state index contributed by atoms with van der Waals surface area (Å²) < 4.78 is 61.5. The summed E-state index contributed by atoms with van der Waals surface area (Å²) in [5.74, 6) is -8.34. The first-order valence-corrected chi connectivity index (χ1v) is 16.2. The summed E-state index contributed by atoms with van der Waals surface area (Å²) in [6.07, 6.45) is -1.50. The number of fused-ring (bicyclic) bond motifs is 1. The lowest BCUT2D eigenvalue weighted by Gasteiger charge is -2.35. The number of carbonyl (C=O) groups excluding carboxylic acids is 4. The highest BCUT2D eigenvalue weighted by molar-refractivity contribution is 5.99. The number of nitrogens with one attached hydrogen (secondary N) is 2. The molecular weight excluding hydrogens is 672 g/mol. The summed E-state index contributed by atoms with van der Waals surface area (Å²) in [7, 11) is 0. The normalized spacial score (nSPS) is 18.5. The number of para-hydroxylation sites is 1. The lowest BCUT2D eigenvalue weighted by molar-refractivity contribution is -0.138. The molecule has 1 aromatic carbocycles. The fraction of sp³-hybridized carbons (Fsp3) is 0.562. The molecule has 50 heavy (non-hydrogen) atoms. The Kier molecular flexibility index (Phi) is 12.8. The molecule has 3 aliphatic heterocycles. The Bertz CT molecular complexity index is 1550. The van der Waals surface area contributed by atoms with Gasteiger partial charge in [0.15, 0.2) is 6.61 Å². The highest BCUT2D eigenvalue weighted by Gasteiger charge is 2.40. The zero-order valence-electron chi connectivity index (χ0n) is 27.5. The van der Waals surface area contributed by atoms with E-state index < -0.39 is 73.7 Å². The number of rotatable bonds is 10. The third-order valence-electron chi connectivity index (χ3n) is 8.20. The number of alkyl halides is 4. The molecule has 3 fully saturated rings. The summed E-state index contributed by atoms with van der Waals surface area (Å²) in [6, 6.07) is 6.71. The number of hydrogen-bond acceptors (Lipinski definition) is 9. The van der Waals surface area contributed by atoms with Crippen molar-refractivity contribution >= 4 is 40.7 Å². The minimum absolute atomic E-state index is 0.00694. The highest BCUT2D eigenvalue weighted by atomic mass is 19.3. The minimum atomic E-state index is -2.95. The molecule has 2 aromatic rings. The van der Waals surface area contributed by atoms with E-state index in [2.05, 4.69) is 15.6 Å². The van der Waals surface area contributed by atoms with Gasteiger partial charge in [-0.15, -0.1) is 0 Å². The molecule has 3 aliphatic rings. The van der Waals surface area contributed by atoms with E-state index >= 15 is 0 Å². The van der Waals surface area contributed by atoms with Gasteiger partial charge in [-0.1, -0.05) is 12.1 Å². The number of benzene rings is 1. The van der Waals surface area contributed by atoms with Crippen LogP contribution >= 0.6 is 0 Å². The summed E-state index contributed by atoms with van der Waals surface area (Å²) >= 11 is 0. The molecule has 0 bridgehead atoms. The zero-order chi connectivity index (χ0) is 36.5. The predicted molar refractivity (Wildman–Crippen MR) is 169 cm³/mol. The second-order valence-electron chi connectivity index (χ2n) is 12.0. The fourth-order valence-electron chi connectivity index (χ4n) is 5.49. The van der Waals surface area contributed by atoms with Crippen LogP contribution in [0.1, 0.15) is 43.1 Å². The maximum absolute atomic E-state index is 13.6. The Morgan fingerprint density at radius 1 is 0.980 bits per heavy atom. The van der Waals surface area contributed by atoms with E-state index in [0.717, 1.165) is 4.90 Å². The van der Waals surface area contributed by atoms with Crippen molar-refractivity contribution in [1.29, 1.82) is 0 Å². The number of carboxylic acids is 1. The first-order chi connectivity index (χ1) is 23.7. The maximum atomic E-state index is 13.6. The van der Waals surface area contributed by atoms with Crippen LogP contribution in [-0.2, 0) is 19.1 Å². The summed E-state index contributed by atoms with van der Waals surface area (Å²) in [5.41, 5.74) is 0.183. The standard InChI is InChI=1S/C28H33F2N5O8.C4H7F2N/c1-2-42-27(41)34-13-11-33(12-14-34)26(40)20(7-8-24(37)38)32-25(39)21-15-22(18-5-3-4-6-19(18)31-21)43-16-23(36)35-10-9-28(29,30)17-35;5-4(6)1-2-7-3-4/h3-6,15,20H,2,7-14,16-17H2,1H3,(H,32,39)(H,37,38);7H,1-3H2/t20-;/m0./s1. The minimum Gasteiger partial charge on any atom is -0.483 e. The van der Waals surface area contributed by atoms with Gasteiger partial charge in [-0.25, -0.2) is 27.3 Å². The third kappa shape index (κ3) is 10.6. The van der Waals surface area contributed by atoms with Crippen molar-refractivity contribution in [2.24, 2.45) is 0 Å². The van der Waals surface area contributed by atoms with Gasteiger partial charge in [0.05, 0.1) is 25.2 Å². The van der Waals surface area contributed by atoms with Gasteiger partial charge in [-0.05, 0) is 25.5 Å². The van der Waals surface area contributed by atoms with Gasteiger partial charge in [-0.3, -0.25) is 19.2 Å². The van der Waals surface area contributed by atoms with E-state index in [1.165, 1.54) is 15.9 Å². The number of carboxylic acid groups (broad SMARTS) is 1. The number of halogens is 4. The van der Waals surface area contributed by atoms with E-state index in [4.69, 9.17) is 9.47 Å². The van der Waals surface area contributed by atoms with Crippen molar-refractivity contribution in [3.63, 3.8) is 0 Å². The first kappa shape index (κ1) is 38.1. The molecule has 4 heterocycles. The molecule has 3 N–H and O–H groups in total. The van der Waals surface area contributed by atoms with E-state index in [1.54, 1.807) is 31.2 Å². The number of piperazine rings is 1. The monoisotopic (exact) mass is 712 g/mol. The molecule has 18 heteroatoms. The molecule has 1 atom stereocenters. The first-order valence-electron chi connectivity index (χ1n) is 16.2. The van der Waals surface area contributed by atoms with Gasteiger partial charge in [0.25, 0.3) is 23.7 Å². The molecule has 14 nitrogen and oxygen atoms in total. The van der Waals surface area contributed by atoms with Crippen molar-refractivity contribution in [3.8, 4) is 5.75 Å². The van der Waals surface area contributed by atoms with Crippen molar-refractivity contribution in [2.45, 2.75) is 50.5 Å². The Morgan fingerprint density at radius 2 is 1.68 bits per heavy atom. The van der Waals surface area contributed by atoms with Crippen LogP contribution < -0.4 is 15.4 Å². The Labute approximate surface area is 285 Å². The van der Waals surface area contributed by atoms with Crippen LogP contribution in [0, 0.1) is 0 Å². The van der Waals surface area contributed by atoms with Gasteiger partial charge in [-0.2, -0.15) is 0 Å². The number of aliphatic carboxylic acids is 1. The lowest BCUT2D eigenvalue weighted by Crippen LogP contribution is -2.56. The number of pyridine rings is 1. The van der Waals surface area contributed by atoms with Crippen molar-refractivity contribution in [1.82, 2.24) is 30.3 Å². The number of likely N-dealkylation sites (tertiary alicyclic amines) is 1. The fourth-order valence-corrected chi connectivity index (χ4v) is 5.49. The number of amides is 4. The molecule has 0 spiro atoms. The molecule has 274 valence electrons. The summed E-state index contributed by atoms with van der Waals surface area (Å²) in [6.45, 7) is 1.67. The highest BCUT2D eigenvalue weighted by Crippen LogP contribution is 2.28. The largest absolute Gasteiger partial charge is 0.483 e. The third-order valence-corrected chi connectivity index (χ3v) is 8.20. The van der Waals surface area contributed by atoms with E-state index in [0.29, 0.717) is 17.4 Å². The van der Waals surface area contributed by atoms with Crippen LogP contribution in [0.5, 0.6) is 5.75 Å². The van der Waals surface area contributed by atoms with Crippen LogP contribution in [-0.4, -0.2) is 138 Å². The average molecular weight is 713 g/mol. The SMILES string of the molecule is CCOC(=O)N1CCN(C(=O)[C@H](CCC(=O)O)NC(=O)c2cc(OCC(=O)N3CCC(F)(F)C3)c3ccccc3n2)CC1.FC1(F)CCNC1. The Balaban J connectivity index is 0.000000714. The number of aromatic nitrogens is 1. The van der Waals surface area contributed by atoms with Crippen LogP contribution in [0.2, 0.25) is 0 Å². The quantitative estimate of drug-likeness (QED) is 0.311. The number of nitrogens with zero attached hydrogens (tertiary/aromatic N) is 4. The van der Waals surface area contributed by atoms with Gasteiger partial charge >= 0.3 is 12.1 Å². The second kappa shape index (κ2) is 16.8. The molecular formula is C32H40F4N6O8.